The van der Waals surface area contributed by atoms with Crippen LogP contribution in [0.4, 0.5) is 16.5 Å². The van der Waals surface area contributed by atoms with Crippen LogP contribution in [0.2, 0.25) is 0 Å². The number of alkyl halides is 1. The molecule has 1 fully saturated rings. The summed E-state index contributed by atoms with van der Waals surface area (Å²) in [5.74, 6) is 0.654. The number of nitrogen functional groups attached to an aromatic ring is 1. The molecular weight excluding hydrogens is 412 g/mol. The molecule has 2 heterocycles. The molecule has 0 unspecified atom stereocenters. The number of nitrogens with zero attached hydrogens (tertiary/aromatic N) is 2. The Morgan fingerprint density at radius 1 is 1.34 bits per heavy atom. The summed E-state index contributed by atoms with van der Waals surface area (Å²) >= 11 is 7.32. The number of halogens is 1. The van der Waals surface area contributed by atoms with Crippen LogP contribution in [0.3, 0.4) is 0 Å². The van der Waals surface area contributed by atoms with E-state index in [4.69, 9.17) is 26.8 Å². The molecule has 1 saturated heterocycles. The first-order valence-electron chi connectivity index (χ1n) is 9.16. The second kappa shape index (κ2) is 8.44. The number of rotatable bonds is 5. The number of thiazole rings is 1. The summed E-state index contributed by atoms with van der Waals surface area (Å²) in [6, 6.07) is 9.00. The van der Waals surface area contributed by atoms with Crippen molar-refractivity contribution in [2.45, 2.75) is 5.88 Å². The predicted molar refractivity (Wildman–Crippen MR) is 118 cm³/mol. The van der Waals surface area contributed by atoms with E-state index in [1.165, 1.54) is 11.3 Å². The molecule has 1 amide bonds. The highest BCUT2D eigenvalue weighted by atomic mass is 35.5. The molecule has 7 nitrogen and oxygen atoms in total. The number of nitrogens with two attached hydrogens (primary N) is 1. The summed E-state index contributed by atoms with van der Waals surface area (Å²) in [5, 5.41) is 3.39. The first-order chi connectivity index (χ1) is 14.1. The monoisotopic (exact) mass is 432 g/mol. The summed E-state index contributed by atoms with van der Waals surface area (Å²) in [5.41, 5.74) is 9.44. The van der Waals surface area contributed by atoms with Gasteiger partial charge >= 0.3 is 0 Å². The molecule has 0 radical (unpaired) electrons. The van der Waals surface area contributed by atoms with Gasteiger partial charge in [-0.15, -0.1) is 11.6 Å². The number of morpholine rings is 1. The van der Waals surface area contributed by atoms with Gasteiger partial charge in [-0.1, -0.05) is 11.3 Å². The van der Waals surface area contributed by atoms with Gasteiger partial charge in [0.1, 0.15) is 11.3 Å². The Bertz CT molecular complexity index is 1050. The molecule has 2 aromatic carbocycles. The van der Waals surface area contributed by atoms with Crippen LogP contribution in [0, 0.1) is 0 Å². The molecule has 0 spiro atoms. The minimum absolute atomic E-state index is 0.244. The number of carbonyl (C=O) groups excluding carboxylic acids is 1. The van der Waals surface area contributed by atoms with Crippen molar-refractivity contribution in [2.24, 2.45) is 0 Å². The van der Waals surface area contributed by atoms with Crippen molar-refractivity contribution in [2.75, 3.05) is 49.4 Å². The fourth-order valence-electron chi connectivity index (χ4n) is 3.27. The Morgan fingerprint density at radius 2 is 2.14 bits per heavy atom. The fourth-order valence-corrected chi connectivity index (χ4v) is 4.52. The highest BCUT2D eigenvalue weighted by molar-refractivity contribution is 7.23. The molecule has 0 saturated carbocycles. The van der Waals surface area contributed by atoms with Crippen LogP contribution < -0.4 is 20.7 Å². The van der Waals surface area contributed by atoms with E-state index in [0.29, 0.717) is 35.3 Å². The van der Waals surface area contributed by atoms with E-state index < -0.39 is 0 Å². The summed E-state index contributed by atoms with van der Waals surface area (Å²) in [4.78, 5) is 19.6. The topological polar surface area (TPSA) is 89.7 Å². The quantitative estimate of drug-likeness (QED) is 0.471. The Hall–Kier alpha value is -2.55. The van der Waals surface area contributed by atoms with Crippen molar-refractivity contribution >= 4 is 55.6 Å². The smallest absolute Gasteiger partial charge is 0.257 e. The standard InChI is InChI=1S/C20H21ClN4O3S/c1-27-16-5-4-15(25-6-8-28-9-7-25)18-17(16)23-20(29-18)24-19(26)12-2-3-14(22)13(10-12)11-21/h2-5,10H,6-9,11,22H2,1H3,(H,23,24,26). The molecule has 1 aliphatic heterocycles. The summed E-state index contributed by atoms with van der Waals surface area (Å²) in [6.07, 6.45) is 0. The molecule has 0 atom stereocenters. The van der Waals surface area contributed by atoms with E-state index in [2.05, 4.69) is 15.2 Å². The molecule has 29 heavy (non-hydrogen) atoms. The van der Waals surface area contributed by atoms with E-state index in [1.54, 1.807) is 25.3 Å². The first kappa shape index (κ1) is 19.8. The van der Waals surface area contributed by atoms with Gasteiger partial charge in [-0.2, -0.15) is 0 Å². The predicted octanol–water partition coefficient (Wildman–Crippen LogP) is 3.71. The van der Waals surface area contributed by atoms with E-state index >= 15 is 0 Å². The molecule has 3 aromatic rings. The number of benzene rings is 2. The van der Waals surface area contributed by atoms with Crippen LogP contribution in [0.15, 0.2) is 30.3 Å². The van der Waals surface area contributed by atoms with Crippen molar-refractivity contribution in [3.05, 3.63) is 41.5 Å². The maximum atomic E-state index is 12.7. The molecule has 0 aliphatic carbocycles. The van der Waals surface area contributed by atoms with Gasteiger partial charge in [0, 0.05) is 30.2 Å². The molecule has 152 valence electrons. The van der Waals surface area contributed by atoms with Crippen molar-refractivity contribution in [3.8, 4) is 5.75 Å². The number of hydrogen-bond acceptors (Lipinski definition) is 7. The van der Waals surface area contributed by atoms with E-state index in [1.807, 2.05) is 12.1 Å². The van der Waals surface area contributed by atoms with Crippen LogP contribution in [-0.4, -0.2) is 44.3 Å². The van der Waals surface area contributed by atoms with Gasteiger partial charge in [-0.05, 0) is 35.9 Å². The number of nitrogens with one attached hydrogen (secondary N) is 1. The van der Waals surface area contributed by atoms with Crippen LogP contribution in [0.1, 0.15) is 15.9 Å². The Kier molecular flexibility index (Phi) is 5.75. The largest absolute Gasteiger partial charge is 0.494 e. The lowest BCUT2D eigenvalue weighted by atomic mass is 10.1. The average Bonchev–Trinajstić information content (AvgIpc) is 3.17. The molecule has 9 heteroatoms. The van der Waals surface area contributed by atoms with Gasteiger partial charge in [-0.3, -0.25) is 10.1 Å². The third-order valence-corrected chi connectivity index (χ3v) is 6.11. The maximum absolute atomic E-state index is 12.7. The molecule has 4 rings (SSSR count). The Balaban J connectivity index is 1.66. The lowest BCUT2D eigenvalue weighted by Crippen LogP contribution is -2.36. The number of hydrogen-bond donors (Lipinski definition) is 2. The Morgan fingerprint density at radius 3 is 2.86 bits per heavy atom. The van der Waals surface area contributed by atoms with Gasteiger partial charge in [0.05, 0.1) is 30.7 Å². The van der Waals surface area contributed by atoms with Gasteiger partial charge < -0.3 is 20.1 Å². The number of methoxy groups -OCH3 is 1. The van der Waals surface area contributed by atoms with Crippen LogP contribution in [-0.2, 0) is 10.6 Å². The summed E-state index contributed by atoms with van der Waals surface area (Å²) in [6.45, 7) is 3.01. The van der Waals surface area contributed by atoms with Gasteiger partial charge in [-0.25, -0.2) is 4.98 Å². The molecule has 1 aliphatic rings. The third kappa shape index (κ3) is 3.96. The average molecular weight is 433 g/mol. The molecule has 1 aromatic heterocycles. The lowest BCUT2D eigenvalue weighted by molar-refractivity contribution is 0.102. The number of fused-ring (bicyclic) bond motifs is 1. The van der Waals surface area contributed by atoms with E-state index in [9.17, 15) is 4.79 Å². The van der Waals surface area contributed by atoms with Crippen molar-refractivity contribution in [3.63, 3.8) is 0 Å². The van der Waals surface area contributed by atoms with Gasteiger partial charge in [0.2, 0.25) is 0 Å². The molecular formula is C20H21ClN4O3S. The first-order valence-corrected chi connectivity index (χ1v) is 10.5. The number of ether oxygens (including phenoxy) is 2. The Labute approximate surface area is 177 Å². The number of aromatic nitrogens is 1. The lowest BCUT2D eigenvalue weighted by Gasteiger charge is -2.29. The van der Waals surface area contributed by atoms with Gasteiger partial charge in [0.15, 0.2) is 5.13 Å². The van der Waals surface area contributed by atoms with Crippen molar-refractivity contribution in [1.82, 2.24) is 4.98 Å². The third-order valence-electron chi connectivity index (χ3n) is 4.83. The molecule has 0 bridgehead atoms. The highest BCUT2D eigenvalue weighted by Gasteiger charge is 2.20. The second-order valence-electron chi connectivity index (χ2n) is 6.58. The van der Waals surface area contributed by atoms with Crippen molar-refractivity contribution < 1.29 is 14.3 Å². The second-order valence-corrected chi connectivity index (χ2v) is 7.85. The summed E-state index contributed by atoms with van der Waals surface area (Å²) < 4.78 is 11.9. The number of amides is 1. The fraction of sp³-hybridized carbons (Fsp3) is 0.300. The van der Waals surface area contributed by atoms with E-state index in [0.717, 1.165) is 34.6 Å². The minimum atomic E-state index is -0.262. The summed E-state index contributed by atoms with van der Waals surface area (Å²) in [7, 11) is 1.61. The maximum Gasteiger partial charge on any atom is 0.257 e. The van der Waals surface area contributed by atoms with Crippen LogP contribution in [0.5, 0.6) is 5.75 Å². The van der Waals surface area contributed by atoms with Gasteiger partial charge in [0.25, 0.3) is 5.91 Å². The zero-order chi connectivity index (χ0) is 20.4. The van der Waals surface area contributed by atoms with Crippen LogP contribution in [0.25, 0.3) is 10.2 Å². The number of anilines is 3. The number of carbonyl (C=O) groups is 1. The highest BCUT2D eigenvalue weighted by Crippen LogP contribution is 2.39. The van der Waals surface area contributed by atoms with Crippen LogP contribution >= 0.6 is 22.9 Å². The normalized spacial score (nSPS) is 14.2. The zero-order valence-electron chi connectivity index (χ0n) is 15.9. The van der Waals surface area contributed by atoms with E-state index in [-0.39, 0.29) is 11.8 Å². The minimum Gasteiger partial charge on any atom is -0.494 e. The zero-order valence-corrected chi connectivity index (χ0v) is 17.5. The molecule has 3 N–H and O–H groups in total. The SMILES string of the molecule is COc1ccc(N2CCOCC2)c2sc(NC(=O)c3ccc(N)c(CCl)c3)nc12. The van der Waals surface area contributed by atoms with Crippen molar-refractivity contribution in [1.29, 1.82) is 0 Å².